The van der Waals surface area contributed by atoms with Crippen LogP contribution in [0.25, 0.3) is 11.0 Å². The maximum atomic E-state index is 12.4. The normalized spacial score (nSPS) is 19.4. The average Bonchev–Trinajstić information content (AvgIpc) is 3.06. The van der Waals surface area contributed by atoms with Gasteiger partial charge in [0.15, 0.2) is 0 Å². The molecule has 3 aromatic rings. The number of fused-ring (bicyclic) bond motifs is 1. The number of aryl methyl sites for hydroxylation is 2. The maximum absolute atomic E-state index is 12.4. The van der Waals surface area contributed by atoms with Crippen molar-refractivity contribution < 1.29 is 9.90 Å². The number of β-amino-alcohol motifs (C(OH)–C–C–N with tert-alkyl or cyclic N) is 1. The number of imidazole rings is 1. The first-order chi connectivity index (χ1) is 14.0. The molecule has 2 aromatic heterocycles. The molecule has 1 saturated heterocycles. The largest absolute Gasteiger partial charge is 0.386 e. The second-order valence-corrected chi connectivity index (χ2v) is 7.76. The van der Waals surface area contributed by atoms with Gasteiger partial charge in [0.1, 0.15) is 11.6 Å². The molecule has 7 nitrogen and oxygen atoms in total. The fourth-order valence-corrected chi connectivity index (χ4v) is 4.04. The first kappa shape index (κ1) is 19.4. The van der Waals surface area contributed by atoms with E-state index < -0.39 is 5.60 Å². The Morgan fingerprint density at radius 1 is 1.24 bits per heavy atom. The maximum Gasteiger partial charge on any atom is 0.221 e. The van der Waals surface area contributed by atoms with E-state index in [1.165, 1.54) is 0 Å². The predicted molar refractivity (Wildman–Crippen MR) is 113 cm³/mol. The second kappa shape index (κ2) is 8.21. The Morgan fingerprint density at radius 3 is 2.90 bits per heavy atom. The number of amides is 1. The van der Waals surface area contributed by atoms with Crippen LogP contribution in [-0.4, -0.2) is 50.8 Å². The zero-order chi connectivity index (χ0) is 20.3. The molecule has 1 amide bonds. The third kappa shape index (κ3) is 4.40. The van der Waals surface area contributed by atoms with Crippen LogP contribution in [-0.2, 0) is 11.3 Å². The van der Waals surface area contributed by atoms with E-state index >= 15 is 0 Å². The molecule has 1 aromatic carbocycles. The highest BCUT2D eigenvalue weighted by molar-refractivity contribution is 5.78. The highest BCUT2D eigenvalue weighted by atomic mass is 16.3. The summed E-state index contributed by atoms with van der Waals surface area (Å²) >= 11 is 0. The Morgan fingerprint density at radius 2 is 2.07 bits per heavy atom. The third-order valence-electron chi connectivity index (χ3n) is 5.55. The number of rotatable bonds is 6. The minimum atomic E-state index is -0.941. The van der Waals surface area contributed by atoms with Crippen LogP contribution < -0.4 is 10.2 Å². The van der Waals surface area contributed by atoms with Crippen molar-refractivity contribution in [1.82, 2.24) is 19.9 Å². The Hall–Kier alpha value is -2.93. The molecule has 4 rings (SSSR count). The van der Waals surface area contributed by atoms with Crippen molar-refractivity contribution in [3.63, 3.8) is 0 Å². The molecule has 1 aliphatic heterocycles. The average molecular weight is 393 g/mol. The van der Waals surface area contributed by atoms with E-state index in [-0.39, 0.29) is 12.5 Å². The van der Waals surface area contributed by atoms with Gasteiger partial charge < -0.3 is 19.9 Å². The van der Waals surface area contributed by atoms with E-state index in [1.807, 2.05) is 49.4 Å². The standard InChI is InChI=1S/C22H27N5O2/c1-17-25-18-7-2-3-8-19(18)27(17)14-10-21(28)24-15-22(29)11-6-13-26(16-22)20-9-4-5-12-23-20/h2-5,7-9,12,29H,6,10-11,13-16H2,1H3,(H,24,28). The van der Waals surface area contributed by atoms with Crippen LogP contribution in [0.2, 0.25) is 0 Å². The zero-order valence-electron chi connectivity index (χ0n) is 16.7. The molecule has 1 aliphatic rings. The van der Waals surface area contributed by atoms with Crippen LogP contribution in [0.5, 0.6) is 0 Å². The molecular weight excluding hydrogens is 366 g/mol. The molecule has 2 N–H and O–H groups in total. The van der Waals surface area contributed by atoms with Crippen LogP contribution in [0.4, 0.5) is 5.82 Å². The Kier molecular flexibility index (Phi) is 5.49. The van der Waals surface area contributed by atoms with Gasteiger partial charge in [-0.2, -0.15) is 0 Å². The number of hydrogen-bond acceptors (Lipinski definition) is 5. The Balaban J connectivity index is 1.32. The number of pyridine rings is 1. The van der Waals surface area contributed by atoms with Gasteiger partial charge >= 0.3 is 0 Å². The van der Waals surface area contributed by atoms with Crippen molar-refractivity contribution in [2.45, 2.75) is 38.3 Å². The zero-order valence-corrected chi connectivity index (χ0v) is 16.7. The van der Waals surface area contributed by atoms with Crippen LogP contribution >= 0.6 is 0 Å². The van der Waals surface area contributed by atoms with E-state index in [0.29, 0.717) is 25.9 Å². The molecule has 1 atom stereocenters. The van der Waals surface area contributed by atoms with Crippen LogP contribution in [0.3, 0.4) is 0 Å². The number of hydrogen-bond donors (Lipinski definition) is 2. The summed E-state index contributed by atoms with van der Waals surface area (Å²) in [7, 11) is 0. The number of aromatic nitrogens is 3. The molecule has 0 radical (unpaired) electrons. The summed E-state index contributed by atoms with van der Waals surface area (Å²) in [6.07, 6.45) is 3.64. The fraction of sp³-hybridized carbons (Fsp3) is 0.409. The molecule has 0 spiro atoms. The topological polar surface area (TPSA) is 83.3 Å². The van der Waals surface area contributed by atoms with E-state index in [2.05, 4.69) is 24.8 Å². The summed E-state index contributed by atoms with van der Waals surface area (Å²) in [5, 5.41) is 13.9. The Bertz CT molecular complexity index is 987. The number of para-hydroxylation sites is 2. The van der Waals surface area contributed by atoms with Crippen LogP contribution in [0.15, 0.2) is 48.7 Å². The summed E-state index contributed by atoms with van der Waals surface area (Å²) < 4.78 is 2.06. The number of nitrogens with one attached hydrogen (secondary N) is 1. The van der Waals surface area contributed by atoms with Crippen molar-refractivity contribution in [3.05, 3.63) is 54.5 Å². The Labute approximate surface area is 170 Å². The van der Waals surface area contributed by atoms with Gasteiger partial charge in [-0.15, -0.1) is 0 Å². The number of aliphatic hydroxyl groups is 1. The van der Waals surface area contributed by atoms with Crippen molar-refractivity contribution in [3.8, 4) is 0 Å². The molecule has 3 heterocycles. The van der Waals surface area contributed by atoms with Gasteiger partial charge in [0.2, 0.25) is 5.91 Å². The summed E-state index contributed by atoms with van der Waals surface area (Å²) in [6, 6.07) is 13.7. The molecule has 0 saturated carbocycles. The minimum Gasteiger partial charge on any atom is -0.386 e. The molecular formula is C22H27N5O2. The quantitative estimate of drug-likeness (QED) is 0.671. The molecule has 152 valence electrons. The summed E-state index contributed by atoms with van der Waals surface area (Å²) in [5.41, 5.74) is 1.04. The van der Waals surface area contributed by atoms with Gasteiger partial charge in [-0.1, -0.05) is 18.2 Å². The van der Waals surface area contributed by atoms with Gasteiger partial charge in [0.05, 0.1) is 16.6 Å². The highest BCUT2D eigenvalue weighted by Gasteiger charge is 2.34. The van der Waals surface area contributed by atoms with E-state index in [0.717, 1.165) is 35.6 Å². The van der Waals surface area contributed by atoms with Gasteiger partial charge in [-0.3, -0.25) is 4.79 Å². The van der Waals surface area contributed by atoms with Gasteiger partial charge in [0, 0.05) is 38.8 Å². The monoisotopic (exact) mass is 393 g/mol. The van der Waals surface area contributed by atoms with Crippen LogP contribution in [0, 0.1) is 6.92 Å². The van der Waals surface area contributed by atoms with Gasteiger partial charge in [-0.05, 0) is 44.0 Å². The SMILES string of the molecule is Cc1nc2ccccc2n1CCC(=O)NCC1(O)CCCN(c2ccccn2)C1. The fourth-order valence-electron chi connectivity index (χ4n) is 4.04. The summed E-state index contributed by atoms with van der Waals surface area (Å²) in [5.74, 6) is 1.70. The van der Waals surface area contributed by atoms with Gasteiger partial charge in [0.25, 0.3) is 0 Å². The number of carbonyl (C=O) groups is 1. The number of benzene rings is 1. The van der Waals surface area contributed by atoms with Gasteiger partial charge in [-0.25, -0.2) is 9.97 Å². The molecule has 29 heavy (non-hydrogen) atoms. The molecule has 7 heteroatoms. The minimum absolute atomic E-state index is 0.0643. The van der Waals surface area contributed by atoms with E-state index in [1.54, 1.807) is 6.20 Å². The van der Waals surface area contributed by atoms with Crippen molar-refractivity contribution in [2.24, 2.45) is 0 Å². The lowest BCUT2D eigenvalue weighted by Gasteiger charge is -2.39. The molecule has 1 unspecified atom stereocenters. The van der Waals surface area contributed by atoms with Crippen molar-refractivity contribution >= 4 is 22.8 Å². The molecule has 0 aliphatic carbocycles. The van der Waals surface area contributed by atoms with Crippen molar-refractivity contribution in [1.29, 1.82) is 0 Å². The number of anilines is 1. The lowest BCUT2D eigenvalue weighted by atomic mass is 9.92. The first-order valence-corrected chi connectivity index (χ1v) is 10.1. The smallest absolute Gasteiger partial charge is 0.221 e. The lowest BCUT2D eigenvalue weighted by Crippen LogP contribution is -2.54. The molecule has 0 bridgehead atoms. The van der Waals surface area contributed by atoms with E-state index in [4.69, 9.17) is 0 Å². The summed E-state index contributed by atoms with van der Waals surface area (Å²) in [6.45, 7) is 4.10. The predicted octanol–water partition coefficient (Wildman–Crippen LogP) is 2.28. The van der Waals surface area contributed by atoms with Crippen LogP contribution in [0.1, 0.15) is 25.1 Å². The number of nitrogens with zero attached hydrogens (tertiary/aromatic N) is 4. The number of piperidine rings is 1. The lowest BCUT2D eigenvalue weighted by molar-refractivity contribution is -0.122. The third-order valence-corrected chi connectivity index (χ3v) is 5.55. The van der Waals surface area contributed by atoms with E-state index in [9.17, 15) is 9.90 Å². The number of carbonyl (C=O) groups excluding carboxylic acids is 1. The first-order valence-electron chi connectivity index (χ1n) is 10.1. The second-order valence-electron chi connectivity index (χ2n) is 7.76. The molecule has 1 fully saturated rings. The highest BCUT2D eigenvalue weighted by Crippen LogP contribution is 2.24. The summed E-state index contributed by atoms with van der Waals surface area (Å²) in [4.78, 5) is 23.4. The van der Waals surface area contributed by atoms with Crippen molar-refractivity contribution in [2.75, 3.05) is 24.5 Å².